The molecule has 25 heavy (non-hydrogen) atoms. The minimum absolute atomic E-state index is 0.100. The lowest BCUT2D eigenvalue weighted by molar-refractivity contribution is -0.117. The van der Waals surface area contributed by atoms with Gasteiger partial charge in [0.15, 0.2) is 0 Å². The van der Waals surface area contributed by atoms with Crippen LogP contribution >= 0.6 is 11.6 Å². The summed E-state index contributed by atoms with van der Waals surface area (Å²) in [6.45, 7) is 1.81. The Morgan fingerprint density at radius 3 is 2.04 bits per heavy atom. The highest BCUT2D eigenvalue weighted by Crippen LogP contribution is 2.20. The molecule has 0 atom stereocenters. The van der Waals surface area contributed by atoms with E-state index in [4.69, 9.17) is 11.6 Å². The van der Waals surface area contributed by atoms with Gasteiger partial charge in [-0.3, -0.25) is 9.59 Å². The summed E-state index contributed by atoms with van der Waals surface area (Å²) in [5.41, 5.74) is 2.50. The van der Waals surface area contributed by atoms with E-state index in [9.17, 15) is 9.59 Å². The minimum atomic E-state index is -0.154. The zero-order valence-corrected chi connectivity index (χ0v) is 15.4. The molecule has 0 bridgehead atoms. The lowest BCUT2D eigenvalue weighted by atomic mass is 10.2. The highest BCUT2D eigenvalue weighted by atomic mass is 35.5. The molecule has 0 aliphatic rings. The maximum Gasteiger partial charge on any atom is 0.226 e. The number of carbonyl (C=O) groups excluding carboxylic acids is 2. The molecule has 0 aromatic heterocycles. The van der Waals surface area contributed by atoms with Gasteiger partial charge in [-0.25, -0.2) is 0 Å². The molecule has 6 heteroatoms. The van der Waals surface area contributed by atoms with Gasteiger partial charge in [-0.2, -0.15) is 0 Å². The van der Waals surface area contributed by atoms with Crippen molar-refractivity contribution in [3.8, 4) is 0 Å². The number of hydrogen-bond donors (Lipinski definition) is 1. The second kappa shape index (κ2) is 8.53. The molecule has 0 spiro atoms. The molecule has 0 aliphatic heterocycles. The topological polar surface area (TPSA) is 52.7 Å². The predicted octanol–water partition coefficient (Wildman–Crippen LogP) is 3.79. The largest absolute Gasteiger partial charge is 0.378 e. The van der Waals surface area contributed by atoms with E-state index in [-0.39, 0.29) is 18.2 Å². The summed E-state index contributed by atoms with van der Waals surface area (Å²) in [5.74, 6) is -0.254. The summed E-state index contributed by atoms with van der Waals surface area (Å²) in [7, 11) is 3.91. The average molecular weight is 360 g/mol. The van der Waals surface area contributed by atoms with Crippen molar-refractivity contribution in [2.45, 2.75) is 13.3 Å². The van der Waals surface area contributed by atoms with Crippen LogP contribution in [0.1, 0.15) is 13.3 Å². The molecule has 0 saturated heterocycles. The van der Waals surface area contributed by atoms with Crippen LogP contribution in [0.2, 0.25) is 5.02 Å². The van der Waals surface area contributed by atoms with E-state index >= 15 is 0 Å². The molecule has 2 rings (SSSR count). The normalized spacial score (nSPS) is 10.2. The summed E-state index contributed by atoms with van der Waals surface area (Å²) in [6, 6.07) is 14.6. The van der Waals surface area contributed by atoms with E-state index in [1.165, 1.54) is 6.92 Å². The van der Waals surface area contributed by atoms with Crippen LogP contribution in [0.15, 0.2) is 48.5 Å². The van der Waals surface area contributed by atoms with Crippen LogP contribution < -0.4 is 15.1 Å². The highest BCUT2D eigenvalue weighted by molar-refractivity contribution is 6.30. The van der Waals surface area contributed by atoms with Gasteiger partial charge in [-0.05, 0) is 48.5 Å². The molecule has 2 aromatic rings. The Morgan fingerprint density at radius 2 is 1.52 bits per heavy atom. The van der Waals surface area contributed by atoms with Crippen LogP contribution in [0.3, 0.4) is 0 Å². The Hall–Kier alpha value is -2.53. The Bertz CT molecular complexity index is 727. The third kappa shape index (κ3) is 5.50. The zero-order chi connectivity index (χ0) is 18.4. The molecular formula is C19H22ClN3O2. The fourth-order valence-corrected chi connectivity index (χ4v) is 2.50. The first-order chi connectivity index (χ1) is 11.9. The van der Waals surface area contributed by atoms with Gasteiger partial charge in [-0.1, -0.05) is 11.6 Å². The number of carbonyl (C=O) groups is 2. The second-order valence-electron chi connectivity index (χ2n) is 5.89. The lowest BCUT2D eigenvalue weighted by Crippen LogP contribution is -2.32. The van der Waals surface area contributed by atoms with E-state index in [0.717, 1.165) is 11.4 Å². The Balaban J connectivity index is 1.98. The summed E-state index contributed by atoms with van der Waals surface area (Å²) < 4.78 is 0. The Morgan fingerprint density at radius 1 is 0.960 bits per heavy atom. The van der Waals surface area contributed by atoms with Crippen molar-refractivity contribution in [1.29, 1.82) is 0 Å². The van der Waals surface area contributed by atoms with Crippen molar-refractivity contribution in [1.82, 2.24) is 0 Å². The summed E-state index contributed by atoms with van der Waals surface area (Å²) in [4.78, 5) is 27.6. The monoisotopic (exact) mass is 359 g/mol. The molecule has 0 heterocycles. The molecule has 0 radical (unpaired) electrons. The summed E-state index contributed by atoms with van der Waals surface area (Å²) in [6.07, 6.45) is 0.206. The van der Waals surface area contributed by atoms with Crippen LogP contribution in [0, 0.1) is 0 Å². The van der Waals surface area contributed by atoms with Gasteiger partial charge < -0.3 is 15.1 Å². The smallest absolute Gasteiger partial charge is 0.226 e. The van der Waals surface area contributed by atoms with Crippen molar-refractivity contribution < 1.29 is 9.59 Å². The standard InChI is InChI=1S/C19H22ClN3O2/c1-14(24)23(18-10-8-17(9-11-18)22(2)3)13-12-19(25)21-16-6-4-15(20)5-7-16/h4-11H,12-13H2,1-3H3,(H,21,25). The van der Waals surface area contributed by atoms with Gasteiger partial charge in [0.2, 0.25) is 11.8 Å². The molecule has 1 N–H and O–H groups in total. The lowest BCUT2D eigenvalue weighted by Gasteiger charge is -2.22. The van der Waals surface area contributed by atoms with Crippen molar-refractivity contribution in [3.63, 3.8) is 0 Å². The number of benzene rings is 2. The van der Waals surface area contributed by atoms with Crippen LogP contribution in [0.25, 0.3) is 0 Å². The fraction of sp³-hybridized carbons (Fsp3) is 0.263. The number of nitrogens with zero attached hydrogens (tertiary/aromatic N) is 2. The van der Waals surface area contributed by atoms with Crippen molar-refractivity contribution in [3.05, 3.63) is 53.6 Å². The van der Waals surface area contributed by atoms with Crippen LogP contribution in [-0.4, -0.2) is 32.5 Å². The van der Waals surface area contributed by atoms with Gasteiger partial charge in [0.25, 0.3) is 0 Å². The molecule has 132 valence electrons. The molecule has 2 amide bonds. The first-order valence-electron chi connectivity index (χ1n) is 7.97. The number of hydrogen-bond acceptors (Lipinski definition) is 3. The average Bonchev–Trinajstić information content (AvgIpc) is 2.57. The van der Waals surface area contributed by atoms with Crippen LogP contribution in [0.5, 0.6) is 0 Å². The maximum absolute atomic E-state index is 12.1. The summed E-state index contributed by atoms with van der Waals surface area (Å²) >= 11 is 5.82. The fourth-order valence-electron chi connectivity index (χ4n) is 2.37. The van der Waals surface area contributed by atoms with Crippen molar-refractivity contribution in [2.24, 2.45) is 0 Å². The first-order valence-corrected chi connectivity index (χ1v) is 8.35. The Labute approximate surface area is 153 Å². The van der Waals surface area contributed by atoms with E-state index in [0.29, 0.717) is 17.3 Å². The number of anilines is 3. The molecule has 0 unspecified atom stereocenters. The third-order valence-corrected chi connectivity index (χ3v) is 4.00. The molecule has 0 fully saturated rings. The van der Waals surface area contributed by atoms with Gasteiger partial charge in [-0.15, -0.1) is 0 Å². The molecule has 0 aliphatic carbocycles. The second-order valence-corrected chi connectivity index (χ2v) is 6.32. The van der Waals surface area contributed by atoms with Gasteiger partial charge >= 0.3 is 0 Å². The maximum atomic E-state index is 12.1. The quantitative estimate of drug-likeness (QED) is 0.853. The third-order valence-electron chi connectivity index (χ3n) is 3.75. The number of nitrogens with one attached hydrogen (secondary N) is 1. The molecule has 0 saturated carbocycles. The Kier molecular flexibility index (Phi) is 6.42. The van der Waals surface area contributed by atoms with Gasteiger partial charge in [0.1, 0.15) is 0 Å². The molecule has 5 nitrogen and oxygen atoms in total. The van der Waals surface area contributed by atoms with Crippen LogP contribution in [-0.2, 0) is 9.59 Å². The van der Waals surface area contributed by atoms with E-state index in [2.05, 4.69) is 5.32 Å². The van der Waals surface area contributed by atoms with Crippen molar-refractivity contribution >= 4 is 40.5 Å². The molecule has 2 aromatic carbocycles. The van der Waals surface area contributed by atoms with Crippen molar-refractivity contribution in [2.75, 3.05) is 35.8 Å². The van der Waals surface area contributed by atoms with Crippen LogP contribution in [0.4, 0.5) is 17.1 Å². The number of rotatable bonds is 6. The van der Waals surface area contributed by atoms with E-state index < -0.39 is 0 Å². The van der Waals surface area contributed by atoms with E-state index in [1.807, 2.05) is 43.3 Å². The first kappa shape index (κ1) is 18.8. The summed E-state index contributed by atoms with van der Waals surface area (Å²) in [5, 5.41) is 3.41. The minimum Gasteiger partial charge on any atom is -0.378 e. The van der Waals surface area contributed by atoms with Gasteiger partial charge in [0.05, 0.1) is 0 Å². The van der Waals surface area contributed by atoms with Gasteiger partial charge in [0, 0.05) is 56.1 Å². The molecular weight excluding hydrogens is 338 g/mol. The number of halogens is 1. The SMILES string of the molecule is CC(=O)N(CCC(=O)Nc1ccc(Cl)cc1)c1ccc(N(C)C)cc1. The predicted molar refractivity (Wildman–Crippen MR) is 103 cm³/mol. The highest BCUT2D eigenvalue weighted by Gasteiger charge is 2.14. The zero-order valence-electron chi connectivity index (χ0n) is 14.6. The number of amides is 2. The van der Waals surface area contributed by atoms with E-state index in [1.54, 1.807) is 29.2 Å².